The molecule has 1 aromatic rings. The Morgan fingerprint density at radius 1 is 1.12 bits per heavy atom. The molecule has 0 bridgehead atoms. The number of rotatable bonds is 6. The minimum absolute atomic E-state index is 0. The standard InChI is InChI=1S/C15H20F6N4.HI/c1-22-13(23-6-7-25(2)10-14(16,17)18)24-9-11-4-3-5-12(8-11)15(19,20)21;/h3-5,8H,6-7,9-10H2,1-2H3,(H2,22,23,24);1H. The summed E-state index contributed by atoms with van der Waals surface area (Å²) >= 11 is 0. The normalized spacial score (nSPS) is 12.7. The Bertz CT molecular complexity index is 574. The van der Waals surface area contributed by atoms with E-state index in [0.717, 1.165) is 17.0 Å². The van der Waals surface area contributed by atoms with Crippen molar-refractivity contribution in [1.29, 1.82) is 0 Å². The molecular weight excluding hydrogens is 477 g/mol. The molecule has 0 aliphatic rings. The Hall–Kier alpha value is -1.24. The van der Waals surface area contributed by atoms with Gasteiger partial charge in [-0.25, -0.2) is 0 Å². The van der Waals surface area contributed by atoms with Crippen molar-refractivity contribution in [2.24, 2.45) is 4.99 Å². The van der Waals surface area contributed by atoms with Gasteiger partial charge < -0.3 is 10.6 Å². The van der Waals surface area contributed by atoms with Crippen LogP contribution in [0.25, 0.3) is 0 Å². The van der Waals surface area contributed by atoms with Crippen LogP contribution in [0.5, 0.6) is 0 Å². The number of likely N-dealkylation sites (N-methyl/N-ethyl adjacent to an activating group) is 1. The fraction of sp³-hybridized carbons (Fsp3) is 0.533. The number of benzene rings is 1. The van der Waals surface area contributed by atoms with Gasteiger partial charge in [0.05, 0.1) is 12.1 Å². The van der Waals surface area contributed by atoms with Crippen LogP contribution >= 0.6 is 24.0 Å². The molecule has 0 aromatic heterocycles. The van der Waals surface area contributed by atoms with Gasteiger partial charge in [-0.15, -0.1) is 24.0 Å². The molecule has 11 heteroatoms. The van der Waals surface area contributed by atoms with Crippen molar-refractivity contribution in [3.8, 4) is 0 Å². The van der Waals surface area contributed by atoms with Gasteiger partial charge in [0.2, 0.25) is 0 Å². The van der Waals surface area contributed by atoms with Crippen molar-refractivity contribution in [3.63, 3.8) is 0 Å². The zero-order valence-electron chi connectivity index (χ0n) is 14.2. The third-order valence-corrected chi connectivity index (χ3v) is 3.17. The first kappa shape index (κ1) is 24.8. The third kappa shape index (κ3) is 10.0. The lowest BCUT2D eigenvalue weighted by atomic mass is 10.1. The molecule has 0 saturated carbocycles. The summed E-state index contributed by atoms with van der Waals surface area (Å²) in [4.78, 5) is 4.98. The second kappa shape index (κ2) is 10.8. The Labute approximate surface area is 165 Å². The van der Waals surface area contributed by atoms with Crippen molar-refractivity contribution < 1.29 is 26.3 Å². The topological polar surface area (TPSA) is 39.7 Å². The highest BCUT2D eigenvalue weighted by atomic mass is 127. The van der Waals surface area contributed by atoms with Crippen LogP contribution in [-0.4, -0.2) is 50.8 Å². The highest BCUT2D eigenvalue weighted by molar-refractivity contribution is 14.0. The maximum Gasteiger partial charge on any atom is 0.416 e. The maximum absolute atomic E-state index is 12.7. The fourth-order valence-corrected chi connectivity index (χ4v) is 2.01. The SMILES string of the molecule is CN=C(NCCN(C)CC(F)(F)F)NCc1cccc(C(F)(F)F)c1.I. The molecule has 0 atom stereocenters. The number of aliphatic imine (C=N–C) groups is 1. The summed E-state index contributed by atoms with van der Waals surface area (Å²) in [6.45, 7) is -0.592. The predicted molar refractivity (Wildman–Crippen MR) is 98.6 cm³/mol. The minimum atomic E-state index is -4.42. The summed E-state index contributed by atoms with van der Waals surface area (Å²) in [5, 5.41) is 5.63. The molecule has 0 aliphatic carbocycles. The number of halogens is 7. The molecule has 0 saturated heterocycles. The highest BCUT2D eigenvalue weighted by Gasteiger charge is 2.30. The average Bonchev–Trinajstić information content (AvgIpc) is 2.48. The Morgan fingerprint density at radius 3 is 2.31 bits per heavy atom. The van der Waals surface area contributed by atoms with Crippen LogP contribution in [0.2, 0.25) is 0 Å². The summed E-state index contributed by atoms with van der Waals surface area (Å²) in [6.07, 6.45) is -8.68. The van der Waals surface area contributed by atoms with Crippen LogP contribution in [-0.2, 0) is 12.7 Å². The number of hydrogen-bond donors (Lipinski definition) is 2. The van der Waals surface area contributed by atoms with Gasteiger partial charge in [0.25, 0.3) is 0 Å². The van der Waals surface area contributed by atoms with Crippen LogP contribution in [0.1, 0.15) is 11.1 Å². The first-order valence-electron chi connectivity index (χ1n) is 7.37. The summed E-state index contributed by atoms with van der Waals surface area (Å²) in [6, 6.07) is 4.85. The van der Waals surface area contributed by atoms with E-state index in [1.807, 2.05) is 0 Å². The van der Waals surface area contributed by atoms with Gasteiger partial charge in [-0.05, 0) is 24.7 Å². The summed E-state index contributed by atoms with van der Waals surface area (Å²) in [5.74, 6) is 0.290. The lowest BCUT2D eigenvalue weighted by molar-refractivity contribution is -0.142. The van der Waals surface area contributed by atoms with E-state index >= 15 is 0 Å². The van der Waals surface area contributed by atoms with E-state index in [2.05, 4.69) is 15.6 Å². The fourth-order valence-electron chi connectivity index (χ4n) is 2.01. The molecule has 0 amide bonds. The van der Waals surface area contributed by atoms with E-state index in [4.69, 9.17) is 0 Å². The van der Waals surface area contributed by atoms with Crippen LogP contribution < -0.4 is 10.6 Å². The van der Waals surface area contributed by atoms with Crippen molar-refractivity contribution >= 4 is 29.9 Å². The number of guanidine groups is 1. The number of nitrogens with zero attached hydrogens (tertiary/aromatic N) is 2. The minimum Gasteiger partial charge on any atom is -0.355 e. The quantitative estimate of drug-likeness (QED) is 0.273. The van der Waals surface area contributed by atoms with Crippen molar-refractivity contribution in [2.45, 2.75) is 18.9 Å². The van der Waals surface area contributed by atoms with Gasteiger partial charge in [-0.1, -0.05) is 12.1 Å². The molecular formula is C15H21F6IN4. The number of nitrogens with one attached hydrogen (secondary N) is 2. The van der Waals surface area contributed by atoms with Crippen LogP contribution in [0, 0.1) is 0 Å². The molecule has 150 valence electrons. The molecule has 0 unspecified atom stereocenters. The third-order valence-electron chi connectivity index (χ3n) is 3.17. The van der Waals surface area contributed by atoms with E-state index in [1.54, 1.807) is 0 Å². The van der Waals surface area contributed by atoms with Crippen LogP contribution in [0.15, 0.2) is 29.3 Å². The summed E-state index contributed by atoms with van der Waals surface area (Å²) in [7, 11) is 2.80. The van der Waals surface area contributed by atoms with Crippen molar-refractivity contribution in [2.75, 3.05) is 33.7 Å². The average molecular weight is 498 g/mol. The van der Waals surface area contributed by atoms with Crippen LogP contribution in [0.3, 0.4) is 0 Å². The molecule has 0 aliphatic heterocycles. The highest BCUT2D eigenvalue weighted by Crippen LogP contribution is 2.29. The van der Waals surface area contributed by atoms with E-state index in [0.29, 0.717) is 5.56 Å². The van der Waals surface area contributed by atoms with E-state index < -0.39 is 24.5 Å². The molecule has 26 heavy (non-hydrogen) atoms. The second-order valence-electron chi connectivity index (χ2n) is 5.40. The molecule has 0 spiro atoms. The monoisotopic (exact) mass is 498 g/mol. The Kier molecular flexibility index (Phi) is 10.3. The molecule has 0 heterocycles. The zero-order valence-corrected chi connectivity index (χ0v) is 16.5. The number of alkyl halides is 6. The maximum atomic E-state index is 12.7. The first-order chi connectivity index (χ1) is 11.5. The Morgan fingerprint density at radius 2 is 1.77 bits per heavy atom. The zero-order chi connectivity index (χ0) is 19.1. The molecule has 0 fully saturated rings. The van der Waals surface area contributed by atoms with Gasteiger partial charge >= 0.3 is 12.4 Å². The second-order valence-corrected chi connectivity index (χ2v) is 5.40. The molecule has 1 aromatic carbocycles. The van der Waals surface area contributed by atoms with Gasteiger partial charge in [-0.2, -0.15) is 26.3 Å². The van der Waals surface area contributed by atoms with Gasteiger partial charge in [0.15, 0.2) is 5.96 Å². The molecule has 1 rings (SSSR count). The van der Waals surface area contributed by atoms with Gasteiger partial charge in [0, 0.05) is 26.7 Å². The Balaban J connectivity index is 0.00000625. The lowest BCUT2D eigenvalue weighted by Crippen LogP contribution is -2.42. The van der Waals surface area contributed by atoms with E-state index in [-0.39, 0.29) is 49.6 Å². The molecule has 0 radical (unpaired) electrons. The summed E-state index contributed by atoms with van der Waals surface area (Å²) < 4.78 is 74.6. The predicted octanol–water partition coefficient (Wildman–Crippen LogP) is 3.48. The summed E-state index contributed by atoms with van der Waals surface area (Å²) in [5.41, 5.74) is -0.338. The molecule has 2 N–H and O–H groups in total. The van der Waals surface area contributed by atoms with E-state index in [1.165, 1.54) is 26.2 Å². The largest absolute Gasteiger partial charge is 0.416 e. The molecule has 4 nitrogen and oxygen atoms in total. The van der Waals surface area contributed by atoms with Crippen molar-refractivity contribution in [3.05, 3.63) is 35.4 Å². The van der Waals surface area contributed by atoms with Crippen molar-refractivity contribution in [1.82, 2.24) is 15.5 Å². The number of hydrogen-bond acceptors (Lipinski definition) is 2. The first-order valence-corrected chi connectivity index (χ1v) is 7.37. The van der Waals surface area contributed by atoms with Gasteiger partial charge in [0.1, 0.15) is 0 Å². The smallest absolute Gasteiger partial charge is 0.355 e. The van der Waals surface area contributed by atoms with E-state index in [9.17, 15) is 26.3 Å². The lowest BCUT2D eigenvalue weighted by Gasteiger charge is -2.19. The van der Waals surface area contributed by atoms with Crippen LogP contribution in [0.4, 0.5) is 26.3 Å². The van der Waals surface area contributed by atoms with Gasteiger partial charge in [-0.3, -0.25) is 9.89 Å².